The Hall–Kier alpha value is -2.43. The smallest absolute Gasteiger partial charge is 0.270 e. The number of nitrogens with one attached hydrogen (secondary N) is 2. The number of hydrogen-bond donors (Lipinski definition) is 2. The van der Waals surface area contributed by atoms with Crippen molar-refractivity contribution >= 4 is 17.4 Å². The van der Waals surface area contributed by atoms with E-state index in [1.54, 1.807) is 6.07 Å². The van der Waals surface area contributed by atoms with Gasteiger partial charge >= 0.3 is 0 Å². The van der Waals surface area contributed by atoms with Crippen LogP contribution < -0.4 is 10.6 Å². The van der Waals surface area contributed by atoms with Gasteiger partial charge in [0.05, 0.1) is 0 Å². The number of amides is 1. The molecule has 0 saturated heterocycles. The molecule has 132 valence electrons. The van der Waals surface area contributed by atoms with Crippen LogP contribution in [-0.4, -0.2) is 21.9 Å². The van der Waals surface area contributed by atoms with Crippen LogP contribution in [0, 0.1) is 20.8 Å². The first-order valence-corrected chi connectivity index (χ1v) is 9.03. The van der Waals surface area contributed by atoms with Gasteiger partial charge in [-0.05, 0) is 50.8 Å². The topological polar surface area (TPSA) is 66.9 Å². The molecule has 1 aliphatic carbocycles. The Morgan fingerprint density at radius 1 is 1.08 bits per heavy atom. The maximum Gasteiger partial charge on any atom is 0.270 e. The zero-order chi connectivity index (χ0) is 17.8. The monoisotopic (exact) mass is 338 g/mol. The van der Waals surface area contributed by atoms with E-state index in [2.05, 4.69) is 40.5 Å². The summed E-state index contributed by atoms with van der Waals surface area (Å²) in [5.74, 6) is 1.13. The minimum Gasteiger partial charge on any atom is -0.348 e. The zero-order valence-corrected chi connectivity index (χ0v) is 15.2. The van der Waals surface area contributed by atoms with Gasteiger partial charge in [-0.2, -0.15) is 0 Å². The number of carbonyl (C=O) groups excluding carboxylic acids is 1. The highest BCUT2D eigenvalue weighted by atomic mass is 16.1. The lowest BCUT2D eigenvalue weighted by Crippen LogP contribution is -2.36. The second kappa shape index (κ2) is 7.64. The lowest BCUT2D eigenvalue weighted by Gasteiger charge is -2.22. The molecule has 2 N–H and O–H groups in total. The van der Waals surface area contributed by atoms with Gasteiger partial charge < -0.3 is 10.6 Å². The molecule has 1 aromatic carbocycles. The molecule has 0 unspecified atom stereocenters. The molecule has 1 aromatic heterocycles. The number of aromatic nitrogens is 2. The fourth-order valence-corrected chi connectivity index (χ4v) is 3.28. The quantitative estimate of drug-likeness (QED) is 0.876. The molecule has 1 amide bonds. The number of benzene rings is 1. The summed E-state index contributed by atoms with van der Waals surface area (Å²) >= 11 is 0. The van der Waals surface area contributed by atoms with Crippen LogP contribution >= 0.6 is 0 Å². The Kier molecular flexibility index (Phi) is 5.31. The Balaban J connectivity index is 1.77. The van der Waals surface area contributed by atoms with Crippen molar-refractivity contribution in [3.8, 4) is 0 Å². The van der Waals surface area contributed by atoms with Gasteiger partial charge in [0.2, 0.25) is 0 Å². The molecule has 2 aromatic rings. The number of rotatable bonds is 4. The second-order valence-corrected chi connectivity index (χ2v) is 6.87. The Morgan fingerprint density at radius 3 is 2.60 bits per heavy atom. The highest BCUT2D eigenvalue weighted by molar-refractivity contribution is 5.93. The molecular weight excluding hydrogens is 312 g/mol. The number of nitrogens with zero attached hydrogens (tertiary/aromatic N) is 2. The lowest BCUT2D eigenvalue weighted by atomic mass is 9.95. The number of hydrogen-bond acceptors (Lipinski definition) is 4. The van der Waals surface area contributed by atoms with E-state index in [0.29, 0.717) is 17.3 Å². The average Bonchev–Trinajstić information content (AvgIpc) is 2.59. The summed E-state index contributed by atoms with van der Waals surface area (Å²) in [5, 5.41) is 6.44. The highest BCUT2D eigenvalue weighted by Crippen LogP contribution is 2.22. The van der Waals surface area contributed by atoms with E-state index < -0.39 is 0 Å². The SMILES string of the molecule is Cc1nc(Nc2cccc(C)c2C)cc(C(=O)NC2CCCCC2)n1. The fraction of sp³-hybridized carbons (Fsp3) is 0.450. The summed E-state index contributed by atoms with van der Waals surface area (Å²) in [7, 11) is 0. The Bertz CT molecular complexity index is 766. The largest absolute Gasteiger partial charge is 0.348 e. The molecular formula is C20H26N4O. The first kappa shape index (κ1) is 17.4. The van der Waals surface area contributed by atoms with Crippen LogP contribution in [0.3, 0.4) is 0 Å². The second-order valence-electron chi connectivity index (χ2n) is 6.87. The van der Waals surface area contributed by atoms with Crippen LogP contribution in [0.25, 0.3) is 0 Å². The van der Waals surface area contributed by atoms with E-state index in [4.69, 9.17) is 0 Å². The third-order valence-corrected chi connectivity index (χ3v) is 4.88. The van der Waals surface area contributed by atoms with Crippen LogP contribution in [-0.2, 0) is 0 Å². The molecule has 25 heavy (non-hydrogen) atoms. The summed E-state index contributed by atoms with van der Waals surface area (Å²) in [4.78, 5) is 21.3. The molecule has 0 bridgehead atoms. The van der Waals surface area contributed by atoms with Crippen LogP contribution in [0.2, 0.25) is 0 Å². The van der Waals surface area contributed by atoms with Gasteiger partial charge in [0.15, 0.2) is 0 Å². The standard InChI is InChI=1S/C20H26N4O/c1-13-8-7-11-17(14(13)2)24-19-12-18(21-15(3)22-19)20(25)23-16-9-5-4-6-10-16/h7-8,11-12,16H,4-6,9-10H2,1-3H3,(H,23,25)(H,21,22,24). The van der Waals surface area contributed by atoms with E-state index in [-0.39, 0.29) is 11.9 Å². The number of carbonyl (C=O) groups is 1. The van der Waals surface area contributed by atoms with Crippen LogP contribution in [0.4, 0.5) is 11.5 Å². The van der Waals surface area contributed by atoms with Crippen LogP contribution in [0.1, 0.15) is 59.5 Å². The Labute approximate surface area is 149 Å². The molecule has 5 nitrogen and oxygen atoms in total. The van der Waals surface area contributed by atoms with Crippen molar-refractivity contribution in [1.82, 2.24) is 15.3 Å². The minimum absolute atomic E-state index is 0.110. The van der Waals surface area contributed by atoms with Gasteiger partial charge in [-0.15, -0.1) is 0 Å². The molecule has 1 aliphatic rings. The summed E-state index contributed by atoms with van der Waals surface area (Å²) in [6.07, 6.45) is 5.76. The van der Waals surface area contributed by atoms with Gasteiger partial charge in [0.1, 0.15) is 17.3 Å². The minimum atomic E-state index is -0.110. The van der Waals surface area contributed by atoms with Crippen molar-refractivity contribution in [1.29, 1.82) is 0 Å². The van der Waals surface area contributed by atoms with Crippen molar-refractivity contribution in [2.75, 3.05) is 5.32 Å². The van der Waals surface area contributed by atoms with Crippen molar-refractivity contribution in [3.63, 3.8) is 0 Å². The number of anilines is 2. The molecule has 0 aliphatic heterocycles. The molecule has 3 rings (SSSR count). The average molecular weight is 338 g/mol. The maximum atomic E-state index is 12.6. The highest BCUT2D eigenvalue weighted by Gasteiger charge is 2.18. The van der Waals surface area contributed by atoms with Gasteiger partial charge in [0.25, 0.3) is 5.91 Å². The summed E-state index contributed by atoms with van der Waals surface area (Å²) in [6, 6.07) is 8.10. The first-order valence-electron chi connectivity index (χ1n) is 9.03. The number of aryl methyl sites for hydroxylation is 2. The normalized spacial score (nSPS) is 15.0. The van der Waals surface area contributed by atoms with Crippen molar-refractivity contribution in [3.05, 3.63) is 46.9 Å². The van der Waals surface area contributed by atoms with E-state index in [1.165, 1.54) is 30.4 Å². The summed E-state index contributed by atoms with van der Waals surface area (Å²) in [6.45, 7) is 5.96. The van der Waals surface area contributed by atoms with Gasteiger partial charge in [-0.3, -0.25) is 4.79 Å². The Morgan fingerprint density at radius 2 is 1.84 bits per heavy atom. The van der Waals surface area contributed by atoms with Gasteiger partial charge in [0, 0.05) is 17.8 Å². The van der Waals surface area contributed by atoms with Crippen molar-refractivity contribution in [2.45, 2.75) is 58.9 Å². The van der Waals surface area contributed by atoms with E-state index in [0.717, 1.165) is 18.5 Å². The van der Waals surface area contributed by atoms with E-state index in [9.17, 15) is 4.79 Å². The first-order chi connectivity index (χ1) is 12.0. The molecule has 0 atom stereocenters. The van der Waals surface area contributed by atoms with Crippen LogP contribution in [0.5, 0.6) is 0 Å². The molecule has 1 heterocycles. The molecule has 0 radical (unpaired) electrons. The van der Waals surface area contributed by atoms with E-state index >= 15 is 0 Å². The zero-order valence-electron chi connectivity index (χ0n) is 15.2. The predicted octanol–water partition coefficient (Wildman–Crippen LogP) is 4.21. The predicted molar refractivity (Wildman–Crippen MR) is 100 cm³/mol. The third-order valence-electron chi connectivity index (χ3n) is 4.88. The van der Waals surface area contributed by atoms with E-state index in [1.807, 2.05) is 19.1 Å². The fourth-order valence-electron chi connectivity index (χ4n) is 3.28. The van der Waals surface area contributed by atoms with Crippen LogP contribution in [0.15, 0.2) is 24.3 Å². The van der Waals surface area contributed by atoms with Gasteiger partial charge in [-0.1, -0.05) is 31.4 Å². The van der Waals surface area contributed by atoms with Crippen molar-refractivity contribution < 1.29 is 4.79 Å². The maximum absolute atomic E-state index is 12.6. The summed E-state index contributed by atoms with van der Waals surface area (Å²) < 4.78 is 0. The molecule has 5 heteroatoms. The third kappa shape index (κ3) is 4.35. The molecule has 0 spiro atoms. The molecule has 1 fully saturated rings. The van der Waals surface area contributed by atoms with Gasteiger partial charge in [-0.25, -0.2) is 9.97 Å². The van der Waals surface area contributed by atoms with Crippen molar-refractivity contribution in [2.24, 2.45) is 0 Å². The lowest BCUT2D eigenvalue weighted by molar-refractivity contribution is 0.0922. The summed E-state index contributed by atoms with van der Waals surface area (Å²) in [5.41, 5.74) is 3.81. The molecule has 1 saturated carbocycles.